The number of pyridine rings is 1. The lowest BCUT2D eigenvalue weighted by molar-refractivity contribution is 0.0461. The van der Waals surface area contributed by atoms with E-state index in [0.29, 0.717) is 34.1 Å². The molecule has 0 saturated heterocycles. The van der Waals surface area contributed by atoms with Gasteiger partial charge in [0.25, 0.3) is 5.71 Å². The summed E-state index contributed by atoms with van der Waals surface area (Å²) >= 11 is 0. The molecule has 0 bridgehead atoms. The van der Waals surface area contributed by atoms with Crippen molar-refractivity contribution < 1.29 is 14.1 Å². The first-order valence-electron chi connectivity index (χ1n) is 8.97. The average molecular weight is 376 g/mol. The van der Waals surface area contributed by atoms with Gasteiger partial charge in [-0.25, -0.2) is 9.78 Å². The van der Waals surface area contributed by atoms with Crippen LogP contribution >= 0.6 is 0 Å². The van der Waals surface area contributed by atoms with Crippen molar-refractivity contribution in [3.63, 3.8) is 0 Å². The zero-order valence-electron chi connectivity index (χ0n) is 15.1. The second-order valence-corrected chi connectivity index (χ2v) is 6.74. The molecule has 0 N–H and O–H groups in total. The number of para-hydroxylation sites is 1. The Bertz CT molecular complexity index is 1160. The van der Waals surface area contributed by atoms with E-state index in [4.69, 9.17) is 9.26 Å². The molecule has 4 aromatic rings. The number of carbonyl (C=O) groups excluding carboxylic acids is 1. The highest BCUT2D eigenvalue weighted by molar-refractivity contribution is 6.03. The molecule has 28 heavy (non-hydrogen) atoms. The Kier molecular flexibility index (Phi) is 3.85. The van der Waals surface area contributed by atoms with Gasteiger partial charge in [0.05, 0.1) is 22.3 Å². The Morgan fingerprint density at radius 3 is 2.89 bits per heavy atom. The second kappa shape index (κ2) is 6.52. The van der Waals surface area contributed by atoms with Crippen LogP contribution in [0.25, 0.3) is 16.8 Å². The third-order valence-corrected chi connectivity index (χ3v) is 4.72. The van der Waals surface area contributed by atoms with Crippen molar-refractivity contribution in [1.29, 1.82) is 0 Å². The molecule has 0 aliphatic heterocycles. The smallest absolute Gasteiger partial charge is 0.339 e. The third kappa shape index (κ3) is 2.90. The number of aryl methyl sites for hydroxylation is 1. The number of carbonyl (C=O) groups is 1. The van der Waals surface area contributed by atoms with Gasteiger partial charge in [-0.2, -0.15) is 4.68 Å². The van der Waals surface area contributed by atoms with E-state index in [1.54, 1.807) is 13.0 Å². The summed E-state index contributed by atoms with van der Waals surface area (Å²) < 4.78 is 12.3. The number of esters is 1. The van der Waals surface area contributed by atoms with Crippen molar-refractivity contribution in [2.24, 2.45) is 0 Å². The van der Waals surface area contributed by atoms with Gasteiger partial charge in [0.2, 0.25) is 0 Å². The van der Waals surface area contributed by atoms with E-state index in [-0.39, 0.29) is 6.61 Å². The van der Waals surface area contributed by atoms with Crippen LogP contribution in [-0.4, -0.2) is 36.3 Å². The molecule has 1 fully saturated rings. The van der Waals surface area contributed by atoms with Crippen LogP contribution in [0.4, 0.5) is 0 Å². The number of hydrogen-bond donors (Lipinski definition) is 0. The normalized spacial score (nSPS) is 13.8. The van der Waals surface area contributed by atoms with Crippen molar-refractivity contribution in [3.8, 4) is 5.69 Å². The van der Waals surface area contributed by atoms with Gasteiger partial charge >= 0.3 is 5.97 Å². The van der Waals surface area contributed by atoms with E-state index in [1.165, 1.54) is 4.68 Å². The molecule has 1 saturated carbocycles. The van der Waals surface area contributed by atoms with Crippen molar-refractivity contribution >= 4 is 17.1 Å². The van der Waals surface area contributed by atoms with Crippen molar-refractivity contribution in [1.82, 2.24) is 30.3 Å². The number of aromatic nitrogens is 6. The maximum Gasteiger partial charge on any atom is 0.339 e. The van der Waals surface area contributed by atoms with Gasteiger partial charge < -0.3 is 9.26 Å². The van der Waals surface area contributed by atoms with E-state index in [0.717, 1.165) is 24.2 Å². The fourth-order valence-electron chi connectivity index (χ4n) is 3.14. The third-order valence-electron chi connectivity index (χ3n) is 4.72. The summed E-state index contributed by atoms with van der Waals surface area (Å²) in [5.74, 6) is 0.309. The second-order valence-electron chi connectivity index (χ2n) is 6.74. The van der Waals surface area contributed by atoms with Crippen LogP contribution in [0.1, 0.15) is 46.3 Å². The number of ether oxygens (including phenoxy) is 1. The molecule has 1 aliphatic carbocycles. The zero-order chi connectivity index (χ0) is 19.1. The number of tetrazole rings is 1. The van der Waals surface area contributed by atoms with Crippen LogP contribution in [0.2, 0.25) is 0 Å². The molecule has 0 amide bonds. The number of fused-ring (bicyclic) bond motifs is 1. The minimum Gasteiger partial charge on any atom is -0.454 e. The molecule has 5 rings (SSSR count). The Morgan fingerprint density at radius 2 is 2.11 bits per heavy atom. The largest absolute Gasteiger partial charge is 0.454 e. The summed E-state index contributed by atoms with van der Waals surface area (Å²) in [6.07, 6.45) is 2.12. The van der Waals surface area contributed by atoms with Gasteiger partial charge in [-0.1, -0.05) is 23.4 Å². The summed E-state index contributed by atoms with van der Waals surface area (Å²) in [5, 5.41) is 16.1. The molecule has 1 aliphatic rings. The summed E-state index contributed by atoms with van der Waals surface area (Å²) in [7, 11) is 0. The summed E-state index contributed by atoms with van der Waals surface area (Å²) in [6.45, 7) is 1.71. The SMILES string of the molecule is Cc1noc2nc(C3CC3)cc(C(=O)OCc3nnnn3-c3ccccc3)c12. The highest BCUT2D eigenvalue weighted by Crippen LogP contribution is 2.40. The van der Waals surface area contributed by atoms with Gasteiger partial charge in [0.1, 0.15) is 0 Å². The van der Waals surface area contributed by atoms with Crippen LogP contribution in [-0.2, 0) is 11.3 Å². The Labute approximate surface area is 159 Å². The summed E-state index contributed by atoms with van der Waals surface area (Å²) in [4.78, 5) is 17.3. The summed E-state index contributed by atoms with van der Waals surface area (Å²) in [5.41, 5.74) is 3.00. The predicted octanol–water partition coefficient (Wildman–Crippen LogP) is 2.74. The van der Waals surface area contributed by atoms with Gasteiger partial charge in [-0.05, 0) is 48.4 Å². The van der Waals surface area contributed by atoms with Crippen molar-refractivity contribution in [3.05, 3.63) is 59.2 Å². The molecular weight excluding hydrogens is 360 g/mol. The zero-order valence-corrected chi connectivity index (χ0v) is 15.1. The molecule has 9 heteroatoms. The van der Waals surface area contributed by atoms with Gasteiger partial charge in [-0.15, -0.1) is 5.10 Å². The van der Waals surface area contributed by atoms with Crippen molar-refractivity contribution in [2.45, 2.75) is 32.3 Å². The molecule has 0 spiro atoms. The molecule has 0 unspecified atom stereocenters. The van der Waals surface area contributed by atoms with Crippen LogP contribution in [0.3, 0.4) is 0 Å². The lowest BCUT2D eigenvalue weighted by Gasteiger charge is -2.08. The molecular formula is C19H16N6O3. The fourth-order valence-corrected chi connectivity index (χ4v) is 3.14. The average Bonchev–Trinajstić information content (AvgIpc) is 3.36. The van der Waals surface area contributed by atoms with E-state index in [9.17, 15) is 4.79 Å². The first-order chi connectivity index (χ1) is 13.7. The van der Waals surface area contributed by atoms with Gasteiger partial charge in [-0.3, -0.25) is 0 Å². The number of hydrogen-bond acceptors (Lipinski definition) is 8. The van der Waals surface area contributed by atoms with Crippen LogP contribution in [0.15, 0.2) is 40.9 Å². The Hall–Kier alpha value is -3.62. The molecule has 0 radical (unpaired) electrons. The maximum absolute atomic E-state index is 12.8. The molecule has 0 atom stereocenters. The van der Waals surface area contributed by atoms with Crippen LogP contribution in [0.5, 0.6) is 0 Å². The number of nitrogens with zero attached hydrogens (tertiary/aromatic N) is 6. The Balaban J connectivity index is 1.43. The quantitative estimate of drug-likeness (QED) is 0.489. The topological polar surface area (TPSA) is 109 Å². The standard InChI is InChI=1S/C19H16N6O3/c1-11-17-14(9-15(12-7-8-12)20-18(17)28-22-11)19(26)27-10-16-21-23-24-25(16)13-5-3-2-4-6-13/h2-6,9,12H,7-8,10H2,1H3. The molecule has 3 heterocycles. The molecule has 140 valence electrons. The highest BCUT2D eigenvalue weighted by Gasteiger charge is 2.29. The lowest BCUT2D eigenvalue weighted by Crippen LogP contribution is -2.11. The molecule has 1 aromatic carbocycles. The molecule has 9 nitrogen and oxygen atoms in total. The minimum atomic E-state index is -0.483. The van der Waals surface area contributed by atoms with Gasteiger partial charge in [0, 0.05) is 11.6 Å². The van der Waals surface area contributed by atoms with E-state index >= 15 is 0 Å². The first kappa shape index (κ1) is 16.5. The number of benzene rings is 1. The fraction of sp³-hybridized carbons (Fsp3) is 0.263. The van der Waals surface area contributed by atoms with Gasteiger partial charge in [0.15, 0.2) is 12.4 Å². The monoisotopic (exact) mass is 376 g/mol. The maximum atomic E-state index is 12.8. The minimum absolute atomic E-state index is 0.0619. The molecule has 3 aromatic heterocycles. The highest BCUT2D eigenvalue weighted by atomic mass is 16.5. The van der Waals surface area contributed by atoms with E-state index in [1.807, 2.05) is 30.3 Å². The van der Waals surface area contributed by atoms with E-state index < -0.39 is 5.97 Å². The predicted molar refractivity (Wildman–Crippen MR) is 96.8 cm³/mol. The van der Waals surface area contributed by atoms with E-state index in [2.05, 4.69) is 25.7 Å². The van der Waals surface area contributed by atoms with Crippen molar-refractivity contribution in [2.75, 3.05) is 0 Å². The van der Waals surface area contributed by atoms with Crippen LogP contribution in [0, 0.1) is 6.92 Å². The number of rotatable bonds is 5. The lowest BCUT2D eigenvalue weighted by atomic mass is 10.1. The Morgan fingerprint density at radius 1 is 1.29 bits per heavy atom. The first-order valence-corrected chi connectivity index (χ1v) is 8.97. The van der Waals surface area contributed by atoms with Crippen LogP contribution < -0.4 is 0 Å². The summed E-state index contributed by atoms with van der Waals surface area (Å²) in [6, 6.07) is 11.2.